The lowest BCUT2D eigenvalue weighted by molar-refractivity contribution is -0.112. The zero-order valence-electron chi connectivity index (χ0n) is 24.9. The van der Waals surface area contributed by atoms with Gasteiger partial charge in [-0.3, -0.25) is 14.8 Å². The van der Waals surface area contributed by atoms with Crippen LogP contribution in [-0.2, 0) is 4.79 Å². The van der Waals surface area contributed by atoms with Crippen LogP contribution in [-0.4, -0.2) is 37.2 Å². The number of hydrogen-bond acceptors (Lipinski definition) is 9. The van der Waals surface area contributed by atoms with Crippen LogP contribution >= 0.6 is 46.2 Å². The first-order valence-electron chi connectivity index (χ1n) is 13.8. The van der Waals surface area contributed by atoms with Gasteiger partial charge in [-0.25, -0.2) is 9.97 Å². The average Bonchev–Trinajstić information content (AvgIpc) is 4.00. The fourth-order valence-corrected chi connectivity index (χ4v) is 4.47. The van der Waals surface area contributed by atoms with Gasteiger partial charge in [-0.1, -0.05) is 97.1 Å². The summed E-state index contributed by atoms with van der Waals surface area (Å²) in [7, 11) is 0. The lowest BCUT2D eigenvalue weighted by Crippen LogP contribution is -1.86. The van der Waals surface area contributed by atoms with E-state index in [1.807, 2.05) is 136 Å². The summed E-state index contributed by atoms with van der Waals surface area (Å²) in [5, 5.41) is 9.99. The minimum atomic E-state index is 0.236. The topological polar surface area (TPSA) is 68.6 Å². The molecule has 0 fully saturated rings. The van der Waals surface area contributed by atoms with Crippen LogP contribution in [0, 0.1) is 0 Å². The van der Waals surface area contributed by atoms with Gasteiger partial charge in [-0.2, -0.15) is 11.3 Å². The Kier molecular flexibility index (Phi) is 29.7. The molecule has 0 aliphatic carbocycles. The summed E-state index contributed by atoms with van der Waals surface area (Å²) in [5.41, 5.74) is 1.79. The first-order valence-corrected chi connectivity index (χ1v) is 17.8. The highest BCUT2D eigenvalue weighted by Gasteiger charge is 1.99. The molecule has 4 aromatic heterocycles. The molecule has 0 radical (unpaired) electrons. The number of ketones is 1. The molecule has 0 saturated heterocycles. The van der Waals surface area contributed by atoms with Crippen molar-refractivity contribution in [2.75, 3.05) is 11.5 Å². The molecule has 0 spiro atoms. The van der Waals surface area contributed by atoms with Crippen molar-refractivity contribution < 1.29 is 4.79 Å². The molecule has 9 heteroatoms. The van der Waals surface area contributed by atoms with Crippen molar-refractivity contribution in [1.29, 1.82) is 0 Å². The predicted octanol–water partition coefficient (Wildman–Crippen LogP) is 10.3. The molecule has 232 valence electrons. The predicted molar refractivity (Wildman–Crippen MR) is 198 cm³/mol. The zero-order valence-corrected chi connectivity index (χ0v) is 28.2. The van der Waals surface area contributed by atoms with Gasteiger partial charge in [0.15, 0.2) is 5.78 Å². The Morgan fingerprint density at radius 3 is 1.20 bits per heavy atom. The summed E-state index contributed by atoms with van der Waals surface area (Å²) < 4.78 is 0. The van der Waals surface area contributed by atoms with Crippen LogP contribution in [0.1, 0.15) is 6.42 Å². The molecule has 0 unspecified atom stereocenters. The van der Waals surface area contributed by atoms with Crippen LogP contribution in [0.25, 0.3) is 0 Å². The van der Waals surface area contributed by atoms with Crippen LogP contribution in [0.3, 0.4) is 0 Å². The Labute approximate surface area is 284 Å². The Balaban J connectivity index is 0.000000257. The summed E-state index contributed by atoms with van der Waals surface area (Å²) in [4.78, 5) is 25.0. The van der Waals surface area contributed by atoms with E-state index in [1.54, 1.807) is 83.1 Å². The van der Waals surface area contributed by atoms with Crippen molar-refractivity contribution in [3.8, 4) is 0 Å². The molecule has 2 aromatic carbocycles. The minimum absolute atomic E-state index is 0.236. The molecule has 5 nitrogen and oxygen atoms in total. The summed E-state index contributed by atoms with van der Waals surface area (Å²) in [5.74, 6) is 2.19. The summed E-state index contributed by atoms with van der Waals surface area (Å²) >= 11 is 6.76. The van der Waals surface area contributed by atoms with E-state index in [1.165, 1.54) is 18.5 Å². The molecular weight excluding hydrogens is 633 g/mol. The molecule has 0 atom stereocenters. The molecule has 0 bridgehead atoms. The number of benzene rings is 2. The van der Waals surface area contributed by atoms with Gasteiger partial charge in [0, 0.05) is 42.1 Å². The Bertz CT molecular complexity index is 1080. The Hall–Kier alpha value is -4.15. The van der Waals surface area contributed by atoms with E-state index in [0.29, 0.717) is 5.75 Å². The number of aromatic nitrogens is 4. The first kappa shape index (κ1) is 38.9. The van der Waals surface area contributed by atoms with E-state index in [0.717, 1.165) is 0 Å². The van der Waals surface area contributed by atoms with Gasteiger partial charge >= 0.3 is 0 Å². The number of rotatable bonds is 0. The molecular formula is C36H38N4OS4. The normalized spacial score (nSPS) is 11.0. The van der Waals surface area contributed by atoms with Gasteiger partial charge in [-0.15, -0.1) is 34.9 Å². The van der Waals surface area contributed by atoms with Crippen LogP contribution in [0.5, 0.6) is 0 Å². The monoisotopic (exact) mass is 670 g/mol. The zero-order chi connectivity index (χ0) is 32.0. The molecule has 6 aromatic rings. The van der Waals surface area contributed by atoms with E-state index >= 15 is 0 Å². The van der Waals surface area contributed by atoms with Gasteiger partial charge in [0.05, 0.1) is 11.3 Å². The number of thiophene rings is 1. The minimum Gasteiger partial charge on any atom is -0.294 e. The van der Waals surface area contributed by atoms with E-state index in [2.05, 4.69) is 31.4 Å². The van der Waals surface area contributed by atoms with Crippen molar-refractivity contribution in [1.82, 2.24) is 19.9 Å². The quantitative estimate of drug-likeness (QED) is 0.159. The second-order valence-corrected chi connectivity index (χ2v) is 11.3. The lowest BCUT2D eigenvalue weighted by atomic mass is 10.4. The highest BCUT2D eigenvalue weighted by molar-refractivity contribution is 8.03. The summed E-state index contributed by atoms with van der Waals surface area (Å²) in [6.45, 7) is 0. The molecule has 6 heterocycles. The van der Waals surface area contributed by atoms with Gasteiger partial charge in [0.2, 0.25) is 0 Å². The average molecular weight is 671 g/mol. The fourth-order valence-electron chi connectivity index (χ4n) is 2.38. The van der Waals surface area contributed by atoms with Crippen LogP contribution in [0.4, 0.5) is 0 Å². The Morgan fingerprint density at radius 2 is 1.04 bits per heavy atom. The van der Waals surface area contributed by atoms with Crippen molar-refractivity contribution in [3.05, 3.63) is 191 Å². The summed E-state index contributed by atoms with van der Waals surface area (Å²) in [6, 6.07) is 35.5. The third kappa shape index (κ3) is 32.6. The molecule has 45 heavy (non-hydrogen) atoms. The number of thiazole rings is 1. The second-order valence-electron chi connectivity index (χ2n) is 7.82. The van der Waals surface area contributed by atoms with Gasteiger partial charge < -0.3 is 0 Å². The lowest BCUT2D eigenvalue weighted by Gasteiger charge is -1.71. The van der Waals surface area contributed by atoms with Crippen LogP contribution in [0.2, 0.25) is 0 Å². The molecule has 0 saturated carbocycles. The number of pyridine rings is 1. The van der Waals surface area contributed by atoms with E-state index < -0.39 is 0 Å². The molecule has 2 aliphatic heterocycles. The second kappa shape index (κ2) is 34.3. The van der Waals surface area contributed by atoms with Crippen molar-refractivity contribution in [2.24, 2.45) is 0 Å². The number of carbonyl (C=O) groups is 1. The van der Waals surface area contributed by atoms with E-state index in [-0.39, 0.29) is 5.78 Å². The number of carbonyl (C=O) groups excluding carboxylic acids is 1. The van der Waals surface area contributed by atoms with Crippen molar-refractivity contribution in [3.63, 3.8) is 0 Å². The maximum atomic E-state index is 10.1. The molecule has 0 amide bonds. The highest BCUT2D eigenvalue weighted by atomic mass is 32.2. The van der Waals surface area contributed by atoms with Gasteiger partial charge in [0.1, 0.15) is 6.33 Å². The van der Waals surface area contributed by atoms with Crippen molar-refractivity contribution in [2.45, 2.75) is 6.42 Å². The molecule has 0 N–H and O–H groups in total. The smallest absolute Gasteiger partial charge is 0.166 e. The van der Waals surface area contributed by atoms with Crippen LogP contribution < -0.4 is 0 Å². The summed E-state index contributed by atoms with van der Waals surface area (Å²) in [6.07, 6.45) is 15.2. The fraction of sp³-hybridized carbons (Fsp3) is 0.0833. The number of hydrogen-bond donors (Lipinski definition) is 0. The number of nitrogens with zero attached hydrogens (tertiary/aromatic N) is 4. The third-order valence-corrected chi connectivity index (χ3v) is 7.11. The SMILES string of the molecule is C1=CSCC1.O=C1C=CSC1.c1ccccc1.c1ccccc1.c1ccncc1.c1ccsc1.c1cncnc1.c1cscn1. The highest BCUT2D eigenvalue weighted by Crippen LogP contribution is 2.11. The molecule has 8 rings (SSSR count). The third-order valence-electron chi connectivity index (χ3n) is 4.32. The van der Waals surface area contributed by atoms with Gasteiger partial charge in [-0.05, 0) is 52.3 Å². The first-order chi connectivity index (χ1) is 22.4. The molecule has 2 aliphatic rings. The maximum Gasteiger partial charge on any atom is 0.166 e. The van der Waals surface area contributed by atoms with E-state index in [9.17, 15) is 4.79 Å². The van der Waals surface area contributed by atoms with Crippen LogP contribution in [0.15, 0.2) is 191 Å². The van der Waals surface area contributed by atoms with Crippen molar-refractivity contribution >= 4 is 52.0 Å². The Morgan fingerprint density at radius 1 is 0.489 bits per heavy atom. The largest absolute Gasteiger partial charge is 0.294 e. The van der Waals surface area contributed by atoms with Gasteiger partial charge in [0.25, 0.3) is 0 Å². The number of thioether (sulfide) groups is 2. The maximum absolute atomic E-state index is 10.1. The van der Waals surface area contributed by atoms with E-state index in [4.69, 9.17) is 0 Å². The number of allylic oxidation sites excluding steroid dienone is 2. The standard InChI is InChI=1S/2C6H6.C5H5N.C4H4N2.C4H4OS.C4H6S.C4H4S.C3H3NS/c3*1-2-4-6-5-3-1;1-2-5-4-6-3-1;5-4-1-2-6-3-4;2*1-2-4-5-3-1;1-2-5-3-4-1/h2*1-6H;1-5H;1-4H;1-2H,3H2;1,3H,2,4H2;1-4H;1-3H.